The highest BCUT2D eigenvalue weighted by molar-refractivity contribution is 7.30. The van der Waals surface area contributed by atoms with E-state index in [0.29, 0.717) is 0 Å². The number of thiophene rings is 3. The number of hydrogen-bond acceptors (Lipinski definition) is 4. The Balaban J connectivity index is 1.74. The third-order valence-corrected chi connectivity index (χ3v) is 8.54. The molecule has 0 spiro atoms. The highest BCUT2D eigenvalue weighted by Gasteiger charge is 2.37. The molecule has 0 radical (unpaired) electrons. The lowest BCUT2D eigenvalue weighted by atomic mass is 9.80. The quantitative estimate of drug-likeness (QED) is 0.310. The van der Waals surface area contributed by atoms with Crippen LogP contribution in [-0.2, 0) is 5.60 Å². The summed E-state index contributed by atoms with van der Waals surface area (Å²) in [6, 6.07) is 23.0. The van der Waals surface area contributed by atoms with E-state index in [1.165, 1.54) is 25.4 Å². The zero-order valence-corrected chi connectivity index (χ0v) is 18.6. The summed E-state index contributed by atoms with van der Waals surface area (Å²) in [6.07, 6.45) is 0. The van der Waals surface area contributed by atoms with Crippen LogP contribution >= 0.6 is 34.0 Å². The number of fused-ring (bicyclic) bond motifs is 1. The van der Waals surface area contributed by atoms with Crippen molar-refractivity contribution in [3.63, 3.8) is 0 Å². The Bertz CT molecular complexity index is 1200. The van der Waals surface area contributed by atoms with Crippen LogP contribution in [0.3, 0.4) is 0 Å². The number of aliphatic hydroxyl groups is 1. The predicted octanol–water partition coefficient (Wildman–Crippen LogP) is 7.59. The van der Waals surface area contributed by atoms with Gasteiger partial charge in [-0.3, -0.25) is 0 Å². The molecule has 5 aromatic rings. The Morgan fingerprint density at radius 3 is 1.86 bits per heavy atom. The molecule has 4 heteroatoms. The molecule has 3 heterocycles. The van der Waals surface area contributed by atoms with Gasteiger partial charge in [0.05, 0.1) is 4.88 Å². The van der Waals surface area contributed by atoms with Gasteiger partial charge in [-0.1, -0.05) is 59.7 Å². The molecule has 0 amide bonds. The van der Waals surface area contributed by atoms with Crippen molar-refractivity contribution in [2.45, 2.75) is 19.4 Å². The van der Waals surface area contributed by atoms with Crippen LogP contribution in [0.4, 0.5) is 0 Å². The van der Waals surface area contributed by atoms with E-state index in [1.54, 1.807) is 34.0 Å². The molecule has 0 bridgehead atoms. The van der Waals surface area contributed by atoms with Crippen LogP contribution in [-0.4, -0.2) is 5.11 Å². The van der Waals surface area contributed by atoms with Crippen molar-refractivity contribution in [2.24, 2.45) is 0 Å². The predicted molar refractivity (Wildman–Crippen MR) is 127 cm³/mol. The monoisotopic (exact) mass is 432 g/mol. The molecule has 0 saturated heterocycles. The maximum atomic E-state index is 12.3. The SMILES string of the molecule is Cc1ccc(C(O)(c2ccc(C)cc2)c2ccsc2-c2cc3sccc3s2)cc1. The summed E-state index contributed by atoms with van der Waals surface area (Å²) in [5, 5.41) is 16.5. The molecule has 29 heavy (non-hydrogen) atoms. The molecular weight excluding hydrogens is 412 g/mol. The number of benzene rings is 2. The summed E-state index contributed by atoms with van der Waals surface area (Å²) in [7, 11) is 0. The van der Waals surface area contributed by atoms with Crippen LogP contribution in [0.5, 0.6) is 0 Å². The molecule has 0 aliphatic rings. The molecule has 0 aliphatic heterocycles. The summed E-state index contributed by atoms with van der Waals surface area (Å²) in [5.74, 6) is 0. The molecule has 0 saturated carbocycles. The first-order valence-corrected chi connectivity index (χ1v) is 12.1. The Morgan fingerprint density at radius 2 is 1.28 bits per heavy atom. The van der Waals surface area contributed by atoms with Crippen molar-refractivity contribution in [1.82, 2.24) is 0 Å². The lowest BCUT2D eigenvalue weighted by Crippen LogP contribution is -2.29. The maximum absolute atomic E-state index is 12.3. The van der Waals surface area contributed by atoms with Crippen LogP contribution in [0, 0.1) is 13.8 Å². The molecule has 144 valence electrons. The van der Waals surface area contributed by atoms with Crippen LogP contribution in [0.2, 0.25) is 0 Å². The standard InChI is InChI=1S/C25H20OS3/c1-16-3-7-18(8-4-16)25(26,19-9-5-17(2)6-10-19)20-11-13-28-24(20)23-15-22-21(29-23)12-14-27-22/h3-15,26H,1-2H3. The molecule has 2 aromatic carbocycles. The van der Waals surface area contributed by atoms with Gasteiger partial charge in [-0.05, 0) is 53.9 Å². The van der Waals surface area contributed by atoms with Gasteiger partial charge in [-0.2, -0.15) is 0 Å². The topological polar surface area (TPSA) is 20.2 Å². The van der Waals surface area contributed by atoms with Crippen molar-refractivity contribution in [3.8, 4) is 9.75 Å². The largest absolute Gasteiger partial charge is 0.376 e. The molecule has 0 atom stereocenters. The zero-order chi connectivity index (χ0) is 20.0. The van der Waals surface area contributed by atoms with E-state index >= 15 is 0 Å². The van der Waals surface area contributed by atoms with E-state index in [2.05, 4.69) is 67.1 Å². The van der Waals surface area contributed by atoms with E-state index in [9.17, 15) is 5.11 Å². The highest BCUT2D eigenvalue weighted by atomic mass is 32.1. The minimum atomic E-state index is -1.20. The van der Waals surface area contributed by atoms with E-state index < -0.39 is 5.60 Å². The van der Waals surface area contributed by atoms with Gasteiger partial charge in [-0.25, -0.2) is 0 Å². The minimum Gasteiger partial charge on any atom is -0.376 e. The Labute approximate surface area is 182 Å². The van der Waals surface area contributed by atoms with Crippen molar-refractivity contribution >= 4 is 43.4 Å². The van der Waals surface area contributed by atoms with Crippen molar-refractivity contribution < 1.29 is 5.11 Å². The summed E-state index contributed by atoms with van der Waals surface area (Å²) < 4.78 is 2.61. The van der Waals surface area contributed by atoms with Gasteiger partial charge < -0.3 is 5.11 Å². The molecule has 0 fully saturated rings. The Hall–Kier alpha value is -2.24. The number of hydrogen-bond donors (Lipinski definition) is 1. The van der Waals surface area contributed by atoms with Crippen LogP contribution in [0.25, 0.3) is 19.2 Å². The second-order valence-corrected chi connectivity index (χ2v) is 10.3. The number of aryl methyl sites for hydroxylation is 2. The normalized spacial score (nSPS) is 12.0. The second-order valence-electron chi connectivity index (χ2n) is 7.37. The molecule has 0 unspecified atom stereocenters. The average Bonchev–Trinajstić information content (AvgIpc) is 3.44. The third-order valence-electron chi connectivity index (χ3n) is 5.36. The van der Waals surface area contributed by atoms with Gasteiger partial charge in [0.25, 0.3) is 0 Å². The maximum Gasteiger partial charge on any atom is 0.142 e. The molecule has 3 aromatic heterocycles. The van der Waals surface area contributed by atoms with Crippen LogP contribution in [0.1, 0.15) is 27.8 Å². The van der Waals surface area contributed by atoms with Crippen LogP contribution < -0.4 is 0 Å². The van der Waals surface area contributed by atoms with Gasteiger partial charge >= 0.3 is 0 Å². The van der Waals surface area contributed by atoms with Gasteiger partial charge in [0.2, 0.25) is 0 Å². The minimum absolute atomic E-state index is 0.893. The Morgan fingerprint density at radius 1 is 0.690 bits per heavy atom. The average molecular weight is 433 g/mol. The summed E-state index contributed by atoms with van der Waals surface area (Å²) >= 11 is 5.26. The fourth-order valence-corrected chi connectivity index (χ4v) is 6.92. The van der Waals surface area contributed by atoms with E-state index in [0.717, 1.165) is 21.6 Å². The fourth-order valence-electron chi connectivity index (χ4n) is 3.73. The zero-order valence-electron chi connectivity index (χ0n) is 16.2. The van der Waals surface area contributed by atoms with Crippen molar-refractivity contribution in [2.75, 3.05) is 0 Å². The summed E-state index contributed by atoms with van der Waals surface area (Å²) in [5.41, 5.74) is 3.90. The Kier molecular flexibility index (Phi) is 4.67. The van der Waals surface area contributed by atoms with Crippen molar-refractivity contribution in [1.29, 1.82) is 0 Å². The first-order valence-electron chi connectivity index (χ1n) is 9.48. The smallest absolute Gasteiger partial charge is 0.142 e. The second kappa shape index (κ2) is 7.22. The van der Waals surface area contributed by atoms with E-state index in [4.69, 9.17) is 0 Å². The molecule has 5 rings (SSSR count). The molecule has 1 N–H and O–H groups in total. The van der Waals surface area contributed by atoms with E-state index in [-0.39, 0.29) is 0 Å². The van der Waals surface area contributed by atoms with Gasteiger partial charge in [-0.15, -0.1) is 34.0 Å². The van der Waals surface area contributed by atoms with Crippen molar-refractivity contribution in [3.05, 3.63) is 105 Å². The lowest BCUT2D eigenvalue weighted by Gasteiger charge is -2.30. The molecular formula is C25H20OS3. The third kappa shape index (κ3) is 3.17. The molecule has 1 nitrogen and oxygen atoms in total. The summed E-state index contributed by atoms with van der Waals surface area (Å²) in [6.45, 7) is 4.15. The lowest BCUT2D eigenvalue weighted by molar-refractivity contribution is 0.127. The van der Waals surface area contributed by atoms with Gasteiger partial charge in [0.1, 0.15) is 5.60 Å². The first kappa shape index (κ1) is 18.8. The summed E-state index contributed by atoms with van der Waals surface area (Å²) in [4.78, 5) is 2.36. The number of rotatable bonds is 4. The fraction of sp³-hybridized carbons (Fsp3) is 0.120. The van der Waals surface area contributed by atoms with E-state index in [1.807, 2.05) is 24.3 Å². The van der Waals surface area contributed by atoms with Crippen LogP contribution in [0.15, 0.2) is 77.5 Å². The first-order chi connectivity index (χ1) is 14.1. The molecule has 0 aliphatic carbocycles. The highest BCUT2D eigenvalue weighted by Crippen LogP contribution is 2.47. The van der Waals surface area contributed by atoms with Gasteiger partial charge in [0, 0.05) is 19.8 Å². The van der Waals surface area contributed by atoms with Gasteiger partial charge in [0.15, 0.2) is 0 Å².